The topological polar surface area (TPSA) is 111 Å². The molecule has 4 N–H and O–H groups in total. The van der Waals surface area contributed by atoms with Gasteiger partial charge in [-0.2, -0.15) is 0 Å². The monoisotopic (exact) mass is 462 g/mol. The first-order valence-electron chi connectivity index (χ1n) is 11.3. The minimum Gasteiger partial charge on any atom is -0.481 e. The second-order valence-corrected chi connectivity index (χ2v) is 8.96. The predicted molar refractivity (Wildman–Crippen MR) is 132 cm³/mol. The number of carboxylic acid groups (broad SMARTS) is 1. The van der Waals surface area contributed by atoms with E-state index >= 15 is 0 Å². The maximum atomic E-state index is 13.3. The number of benzene rings is 3. The number of hydrogen-bond donors (Lipinski definition) is 3. The van der Waals surface area contributed by atoms with Gasteiger partial charge in [0.1, 0.15) is 0 Å². The molecule has 7 heteroatoms. The molecule has 3 aromatic carbocycles. The van der Waals surface area contributed by atoms with Gasteiger partial charge >= 0.3 is 5.97 Å². The molecule has 0 aromatic heterocycles. The van der Waals surface area contributed by atoms with Crippen LogP contribution in [0.15, 0.2) is 60.7 Å². The van der Waals surface area contributed by atoms with Gasteiger partial charge in [0.05, 0.1) is 11.8 Å². The first-order valence-corrected chi connectivity index (χ1v) is 11.3. The number of fused-ring (bicyclic) bond motifs is 1. The summed E-state index contributed by atoms with van der Waals surface area (Å²) in [7, 11) is 0. The van der Waals surface area contributed by atoms with Gasteiger partial charge in [-0.25, -0.2) is 0 Å². The number of aryl methyl sites for hydroxylation is 1. The van der Waals surface area contributed by atoms with E-state index in [9.17, 15) is 9.59 Å². The van der Waals surface area contributed by atoms with E-state index in [-0.39, 0.29) is 22.0 Å². The molecule has 7 nitrogen and oxygen atoms in total. The zero-order valence-electron chi connectivity index (χ0n) is 18.8. The fourth-order valence-electron chi connectivity index (χ4n) is 4.47. The van der Waals surface area contributed by atoms with Crippen molar-refractivity contribution in [2.75, 3.05) is 12.1 Å². The van der Waals surface area contributed by atoms with E-state index < -0.39 is 17.4 Å². The van der Waals surface area contributed by atoms with Gasteiger partial charge in [0.25, 0.3) is 0 Å². The summed E-state index contributed by atoms with van der Waals surface area (Å²) >= 11 is 0. The van der Waals surface area contributed by atoms with Gasteiger partial charge in [0.15, 0.2) is 11.5 Å². The number of aliphatic carboxylic acids is 1. The highest BCUT2D eigenvalue weighted by atomic mass is 16.7. The van der Waals surface area contributed by atoms with E-state index in [0.717, 1.165) is 40.7 Å². The molecule has 0 saturated heterocycles. The van der Waals surface area contributed by atoms with Crippen molar-refractivity contribution in [1.82, 2.24) is 0 Å². The Balaban J connectivity index is 0.00000180. The Morgan fingerprint density at radius 2 is 1.88 bits per heavy atom. The Bertz CT molecular complexity index is 1290. The van der Waals surface area contributed by atoms with Gasteiger partial charge in [-0.05, 0) is 77.9 Å². The Kier molecular flexibility index (Phi) is 5.49. The van der Waals surface area contributed by atoms with Crippen LogP contribution in [-0.4, -0.2) is 23.8 Å². The van der Waals surface area contributed by atoms with E-state index in [1.807, 2.05) is 67.6 Å². The van der Waals surface area contributed by atoms with Crippen molar-refractivity contribution in [3.05, 3.63) is 77.4 Å². The number of nitrogens with one attached hydrogen (secondary N) is 1. The number of hydrogen-bond acceptors (Lipinski definition) is 5. The zero-order chi connectivity index (χ0) is 23.9. The van der Waals surface area contributed by atoms with Crippen LogP contribution in [0.1, 0.15) is 44.8 Å². The summed E-state index contributed by atoms with van der Waals surface area (Å²) in [5, 5.41) is 12.2. The SMILES string of the molecule is Cc1ccc(NC(=O)C2(c3ccc4c(c3)OCO4)CC2)cc1-c1cccc(C(N)CC(=O)O)c1.[HH].[HH]. The van der Waals surface area contributed by atoms with Crippen LogP contribution in [0, 0.1) is 6.92 Å². The van der Waals surface area contributed by atoms with Gasteiger partial charge in [0.2, 0.25) is 12.7 Å². The Morgan fingerprint density at radius 1 is 1.09 bits per heavy atom. The third-order valence-electron chi connectivity index (χ3n) is 6.63. The van der Waals surface area contributed by atoms with Crippen molar-refractivity contribution in [2.24, 2.45) is 5.73 Å². The molecular weight excluding hydrogens is 432 g/mol. The molecule has 3 aromatic rings. The van der Waals surface area contributed by atoms with E-state index in [4.69, 9.17) is 20.3 Å². The number of ether oxygens (including phenoxy) is 2. The van der Waals surface area contributed by atoms with E-state index in [0.29, 0.717) is 17.2 Å². The van der Waals surface area contributed by atoms with E-state index in [1.54, 1.807) is 0 Å². The van der Waals surface area contributed by atoms with Crippen molar-refractivity contribution < 1.29 is 27.0 Å². The van der Waals surface area contributed by atoms with Crippen LogP contribution in [0.25, 0.3) is 11.1 Å². The standard InChI is InChI=1S/C27H26N2O5.2H2/c1-16-5-7-20(13-21(16)17-3-2-4-18(11-17)22(28)14-25(30)31)29-26(32)27(9-10-27)19-6-8-23-24(12-19)34-15-33-23;;/h2-8,11-13,22H,9-10,14-15,28H2,1H3,(H,29,32)(H,30,31);2*1H. The first kappa shape index (κ1) is 22.0. The maximum absolute atomic E-state index is 13.3. The predicted octanol–water partition coefficient (Wildman–Crippen LogP) is 5.03. The van der Waals surface area contributed by atoms with Crippen LogP contribution in [0.4, 0.5) is 5.69 Å². The molecule has 1 aliphatic heterocycles. The van der Waals surface area contributed by atoms with Gasteiger partial charge in [-0.3, -0.25) is 9.59 Å². The van der Waals surface area contributed by atoms with Crippen molar-refractivity contribution >= 4 is 17.6 Å². The summed E-state index contributed by atoms with van der Waals surface area (Å²) in [6.45, 7) is 2.20. The molecule has 1 amide bonds. The summed E-state index contributed by atoms with van der Waals surface area (Å²) in [6, 6.07) is 18.5. The van der Waals surface area contributed by atoms with Crippen LogP contribution in [0.3, 0.4) is 0 Å². The lowest BCUT2D eigenvalue weighted by molar-refractivity contribution is -0.137. The molecule has 1 unspecified atom stereocenters. The molecule has 1 saturated carbocycles. The van der Waals surface area contributed by atoms with Crippen LogP contribution < -0.4 is 20.5 Å². The molecule has 1 fully saturated rings. The summed E-state index contributed by atoms with van der Waals surface area (Å²) in [4.78, 5) is 24.4. The molecule has 0 spiro atoms. The van der Waals surface area contributed by atoms with Crippen molar-refractivity contribution in [3.8, 4) is 22.6 Å². The zero-order valence-corrected chi connectivity index (χ0v) is 18.8. The second kappa shape index (κ2) is 8.50. The largest absolute Gasteiger partial charge is 0.481 e. The summed E-state index contributed by atoms with van der Waals surface area (Å²) in [6.07, 6.45) is 1.42. The maximum Gasteiger partial charge on any atom is 0.305 e. The highest BCUT2D eigenvalue weighted by Crippen LogP contribution is 2.51. The van der Waals surface area contributed by atoms with Gasteiger partial charge < -0.3 is 25.6 Å². The highest BCUT2D eigenvalue weighted by molar-refractivity contribution is 6.02. The number of rotatable bonds is 7. The molecule has 1 heterocycles. The average molecular weight is 463 g/mol. The minimum atomic E-state index is -0.935. The fourth-order valence-corrected chi connectivity index (χ4v) is 4.47. The van der Waals surface area contributed by atoms with Gasteiger partial charge in [-0.15, -0.1) is 0 Å². The van der Waals surface area contributed by atoms with Gasteiger partial charge in [0, 0.05) is 14.6 Å². The van der Waals surface area contributed by atoms with Crippen LogP contribution in [0.5, 0.6) is 11.5 Å². The molecule has 34 heavy (non-hydrogen) atoms. The molecule has 1 aliphatic carbocycles. The summed E-state index contributed by atoms with van der Waals surface area (Å²) in [5.41, 5.74) is 10.8. The minimum absolute atomic E-state index is 0. The molecular formula is C27H30N2O5. The number of carbonyl (C=O) groups excluding carboxylic acids is 1. The van der Waals surface area contributed by atoms with Crippen molar-refractivity contribution in [2.45, 2.75) is 37.6 Å². The third-order valence-corrected chi connectivity index (χ3v) is 6.63. The van der Waals surface area contributed by atoms with Crippen LogP contribution in [-0.2, 0) is 15.0 Å². The van der Waals surface area contributed by atoms with E-state index in [1.165, 1.54) is 0 Å². The number of anilines is 1. The number of carboxylic acids is 1. The average Bonchev–Trinajstić information content (AvgIpc) is 3.51. The van der Waals surface area contributed by atoms with Gasteiger partial charge in [-0.1, -0.05) is 30.3 Å². The lowest BCUT2D eigenvalue weighted by Crippen LogP contribution is -2.27. The normalized spacial score (nSPS) is 16.1. The molecule has 5 rings (SSSR count). The second-order valence-electron chi connectivity index (χ2n) is 8.96. The Morgan fingerprint density at radius 3 is 2.65 bits per heavy atom. The molecule has 0 radical (unpaired) electrons. The smallest absolute Gasteiger partial charge is 0.305 e. The summed E-state index contributed by atoms with van der Waals surface area (Å²) < 4.78 is 10.9. The van der Waals surface area contributed by atoms with E-state index in [2.05, 4.69) is 5.32 Å². The molecule has 2 aliphatic rings. The van der Waals surface area contributed by atoms with Crippen molar-refractivity contribution in [3.63, 3.8) is 0 Å². The lowest BCUT2D eigenvalue weighted by atomic mass is 9.93. The van der Waals surface area contributed by atoms with Crippen LogP contribution >= 0.6 is 0 Å². The number of nitrogens with two attached hydrogens (primary N) is 1. The highest BCUT2D eigenvalue weighted by Gasteiger charge is 2.51. The number of carbonyl (C=O) groups is 2. The quantitative estimate of drug-likeness (QED) is 0.454. The Hall–Kier alpha value is -3.84. The molecule has 0 bridgehead atoms. The first-order chi connectivity index (χ1) is 16.4. The molecule has 1 atom stereocenters. The molecule has 178 valence electrons. The van der Waals surface area contributed by atoms with Crippen LogP contribution in [0.2, 0.25) is 0 Å². The summed E-state index contributed by atoms with van der Waals surface area (Å²) in [5.74, 6) is 0.400. The Labute approximate surface area is 200 Å². The third kappa shape index (κ3) is 4.10. The lowest BCUT2D eigenvalue weighted by Gasteiger charge is -2.18. The van der Waals surface area contributed by atoms with Crippen molar-refractivity contribution in [1.29, 1.82) is 0 Å². The number of amides is 1. The fraction of sp³-hybridized carbons (Fsp3) is 0.259.